The monoisotopic (exact) mass is 894 g/mol. The normalized spacial score (nSPS) is 14.6. The summed E-state index contributed by atoms with van der Waals surface area (Å²) in [5.41, 5.74) is 14.9. The van der Waals surface area contributed by atoms with Crippen LogP contribution in [0, 0.1) is 104 Å². The second-order valence-corrected chi connectivity index (χ2v) is 19.2. The van der Waals surface area contributed by atoms with Gasteiger partial charge in [0.2, 0.25) is 0 Å². The Morgan fingerprint density at radius 1 is 0.333 bits per heavy atom. The smallest absolute Gasteiger partial charge is 0.198 e. The largest absolute Gasteiger partial charge is 0.545 e. The molecule has 0 spiro atoms. The average Bonchev–Trinajstić information content (AvgIpc) is 4.07. The zero-order valence-electron chi connectivity index (χ0n) is 41.0. The summed E-state index contributed by atoms with van der Waals surface area (Å²) in [5, 5.41) is 36.1. The van der Waals surface area contributed by atoms with Crippen molar-refractivity contribution in [3.63, 3.8) is 0 Å². The van der Waals surface area contributed by atoms with Crippen LogP contribution in [0.4, 0.5) is 0 Å². The van der Waals surface area contributed by atoms with E-state index in [1.54, 1.807) is 20.8 Å². The first-order valence-corrected chi connectivity index (χ1v) is 22.9. The number of carboxylic acids is 3. The standard InChI is InChI=1S/3C18H21NO3/c3*1-8-9(2)11(4)16-14(10(8)3)17(20)15(18(21)22)12(5)19(16)13-6-7-13/h3*13H,6-7H2,1-5H3,(H,21,22)/p-3. The second kappa shape index (κ2) is 16.8. The molecule has 348 valence electrons. The fraction of sp³-hybridized carbons (Fsp3) is 0.444. The zero-order valence-corrected chi connectivity index (χ0v) is 41.0. The van der Waals surface area contributed by atoms with Gasteiger partial charge in [-0.1, -0.05) is 0 Å². The maximum atomic E-state index is 12.8. The molecule has 0 amide bonds. The first-order chi connectivity index (χ1) is 30.8. The molecule has 0 aliphatic heterocycles. The summed E-state index contributed by atoms with van der Waals surface area (Å²) in [5.74, 6) is -4.14. The van der Waals surface area contributed by atoms with E-state index in [1.165, 1.54) is 16.7 Å². The van der Waals surface area contributed by atoms with Crippen molar-refractivity contribution in [1.82, 2.24) is 13.7 Å². The summed E-state index contributed by atoms with van der Waals surface area (Å²) in [6, 6.07) is 0.879. The van der Waals surface area contributed by atoms with E-state index >= 15 is 0 Å². The molecule has 3 aliphatic rings. The Labute approximate surface area is 384 Å². The third kappa shape index (κ3) is 7.37. The Morgan fingerprint density at radius 2 is 0.515 bits per heavy atom. The Morgan fingerprint density at radius 3 is 0.682 bits per heavy atom. The SMILES string of the molecule is Cc1c(C)c(C)c2c(c1C)c(=O)c(C(=O)[O-])c(C)n2C1CC1.Cc1c(C)c(C)c2c(c1C)c(=O)c(C(=O)[O-])c(C)n2C1CC1.Cc1c(C)c(C)c2c(c1C)c(=O)c(C(=O)[O-])c(C)n2C1CC1. The second-order valence-electron chi connectivity index (χ2n) is 19.2. The van der Waals surface area contributed by atoms with Crippen molar-refractivity contribution in [3.8, 4) is 0 Å². The summed E-state index contributed by atoms with van der Waals surface area (Å²) in [4.78, 5) is 72.9. The molecule has 9 rings (SSSR count). The van der Waals surface area contributed by atoms with Crippen LogP contribution >= 0.6 is 0 Å². The van der Waals surface area contributed by atoms with Crippen LogP contribution in [0.1, 0.15) is 172 Å². The van der Waals surface area contributed by atoms with Gasteiger partial charge in [0.15, 0.2) is 16.3 Å². The molecule has 0 unspecified atom stereocenters. The minimum Gasteiger partial charge on any atom is -0.545 e. The number of hydrogen-bond acceptors (Lipinski definition) is 9. The highest BCUT2D eigenvalue weighted by atomic mass is 16.4. The number of rotatable bonds is 6. The molecule has 12 heteroatoms. The molecular formula is C54H60N3O9-3. The number of carbonyl (C=O) groups excluding carboxylic acids is 3. The molecule has 12 nitrogen and oxygen atoms in total. The predicted molar refractivity (Wildman–Crippen MR) is 253 cm³/mol. The van der Waals surface area contributed by atoms with Gasteiger partial charge in [-0.3, -0.25) is 14.4 Å². The van der Waals surface area contributed by atoms with Crippen LogP contribution in [-0.2, 0) is 0 Å². The number of carbonyl (C=O) groups is 3. The number of pyridine rings is 3. The van der Waals surface area contributed by atoms with E-state index in [-0.39, 0.29) is 16.7 Å². The Hall–Kier alpha value is -6.30. The number of aromatic carboxylic acids is 3. The third-order valence-electron chi connectivity index (χ3n) is 15.6. The summed E-state index contributed by atoms with van der Waals surface area (Å²) in [7, 11) is 0. The molecule has 3 aromatic carbocycles. The molecule has 66 heavy (non-hydrogen) atoms. The van der Waals surface area contributed by atoms with E-state index < -0.39 is 34.2 Å². The summed E-state index contributed by atoms with van der Waals surface area (Å²) >= 11 is 0. The number of nitrogens with zero attached hydrogens (tertiary/aromatic N) is 3. The minimum absolute atomic E-state index is 0.190. The molecule has 3 aliphatic carbocycles. The zero-order chi connectivity index (χ0) is 49.0. The van der Waals surface area contributed by atoms with Crippen molar-refractivity contribution in [3.05, 3.63) is 131 Å². The minimum atomic E-state index is -1.38. The molecule has 3 aromatic heterocycles. The highest BCUT2D eigenvalue weighted by Crippen LogP contribution is 2.43. The van der Waals surface area contributed by atoms with Crippen LogP contribution < -0.4 is 31.6 Å². The first-order valence-electron chi connectivity index (χ1n) is 22.9. The van der Waals surface area contributed by atoms with Crippen LogP contribution in [0.3, 0.4) is 0 Å². The van der Waals surface area contributed by atoms with E-state index in [1.807, 2.05) is 62.3 Å². The lowest BCUT2D eigenvalue weighted by atomic mass is 9.92. The lowest BCUT2D eigenvalue weighted by molar-refractivity contribution is -0.256. The van der Waals surface area contributed by atoms with Gasteiger partial charge in [-0.2, -0.15) is 0 Å². The summed E-state index contributed by atoms with van der Waals surface area (Å²) in [6.07, 6.45) is 6.15. The topological polar surface area (TPSA) is 186 Å². The van der Waals surface area contributed by atoms with Gasteiger partial charge in [-0.05, 0) is 209 Å². The molecule has 0 atom stereocenters. The lowest BCUT2D eigenvalue weighted by Crippen LogP contribution is -2.33. The Balaban J connectivity index is 0.000000147. The van der Waals surface area contributed by atoms with Crippen molar-refractivity contribution in [2.24, 2.45) is 0 Å². The van der Waals surface area contributed by atoms with Crippen LogP contribution in [0.2, 0.25) is 0 Å². The summed E-state index contributed by atoms with van der Waals surface area (Å²) in [6.45, 7) is 29.0. The van der Waals surface area contributed by atoms with E-state index in [2.05, 4.69) is 34.5 Å². The Bertz CT molecular complexity index is 3010. The van der Waals surface area contributed by atoms with Gasteiger partial charge in [-0.15, -0.1) is 0 Å². The molecule has 3 saturated carbocycles. The number of aromatic nitrogens is 3. The van der Waals surface area contributed by atoms with Crippen molar-refractivity contribution < 1.29 is 29.7 Å². The van der Waals surface area contributed by atoms with E-state index in [4.69, 9.17) is 0 Å². The van der Waals surface area contributed by atoms with Gasteiger partial charge < -0.3 is 43.4 Å². The Kier molecular flexibility index (Phi) is 12.2. The molecular weight excluding hydrogens is 835 g/mol. The molecule has 0 radical (unpaired) electrons. The van der Waals surface area contributed by atoms with Gasteiger partial charge in [0.1, 0.15) is 0 Å². The first kappa shape index (κ1) is 47.7. The molecule has 0 bridgehead atoms. The number of benzene rings is 3. The van der Waals surface area contributed by atoms with E-state index in [9.17, 15) is 44.1 Å². The van der Waals surface area contributed by atoms with Gasteiger partial charge in [-0.25, -0.2) is 0 Å². The van der Waals surface area contributed by atoms with Crippen molar-refractivity contribution in [1.29, 1.82) is 0 Å². The number of aryl methyl sites for hydroxylation is 6. The highest BCUT2D eigenvalue weighted by Gasteiger charge is 2.33. The van der Waals surface area contributed by atoms with Gasteiger partial charge >= 0.3 is 0 Å². The number of hydrogen-bond donors (Lipinski definition) is 0. The van der Waals surface area contributed by atoms with E-state index in [0.717, 1.165) is 105 Å². The molecule has 0 saturated heterocycles. The lowest BCUT2D eigenvalue weighted by Gasteiger charge is -2.23. The van der Waals surface area contributed by atoms with Crippen LogP contribution in [0.5, 0.6) is 0 Å². The quantitative estimate of drug-likeness (QED) is 0.175. The average molecular weight is 895 g/mol. The van der Waals surface area contributed by atoms with Gasteiger partial charge in [0, 0.05) is 51.4 Å². The van der Waals surface area contributed by atoms with Crippen LogP contribution in [-0.4, -0.2) is 31.6 Å². The van der Waals surface area contributed by atoms with Gasteiger partial charge in [0.25, 0.3) is 0 Å². The van der Waals surface area contributed by atoms with Crippen LogP contribution in [0.15, 0.2) is 14.4 Å². The fourth-order valence-corrected chi connectivity index (χ4v) is 10.4. The van der Waals surface area contributed by atoms with Crippen LogP contribution in [0.25, 0.3) is 32.7 Å². The highest BCUT2D eigenvalue weighted by molar-refractivity contribution is 5.98. The van der Waals surface area contributed by atoms with Crippen molar-refractivity contribution >= 4 is 50.6 Å². The number of fused-ring (bicyclic) bond motifs is 3. The summed E-state index contributed by atoms with van der Waals surface area (Å²) < 4.78 is 6.16. The molecule has 3 heterocycles. The molecule has 6 aromatic rings. The van der Waals surface area contributed by atoms with Gasteiger partial charge in [0.05, 0.1) is 51.1 Å². The number of carboxylic acid groups (broad SMARTS) is 3. The molecule has 0 N–H and O–H groups in total. The molecule has 3 fully saturated rings. The maximum absolute atomic E-state index is 12.8. The van der Waals surface area contributed by atoms with Crippen molar-refractivity contribution in [2.75, 3.05) is 0 Å². The van der Waals surface area contributed by atoms with E-state index in [0.29, 0.717) is 51.4 Å². The predicted octanol–water partition coefficient (Wildman–Crippen LogP) is 6.73. The maximum Gasteiger partial charge on any atom is 0.198 e. The third-order valence-corrected chi connectivity index (χ3v) is 15.6. The van der Waals surface area contributed by atoms with Crippen molar-refractivity contribution in [2.45, 2.75) is 161 Å². The fourth-order valence-electron chi connectivity index (χ4n) is 10.4.